The van der Waals surface area contributed by atoms with Gasteiger partial charge in [0, 0.05) is 7.05 Å². The Morgan fingerprint density at radius 3 is 2.54 bits per heavy atom. The third-order valence-electron chi connectivity index (χ3n) is 3.98. The third-order valence-corrected chi connectivity index (χ3v) is 5.66. The van der Waals surface area contributed by atoms with Crippen LogP contribution in [0.2, 0.25) is 10.0 Å². The highest BCUT2D eigenvalue weighted by Crippen LogP contribution is 2.30. The van der Waals surface area contributed by atoms with Crippen LogP contribution in [0.1, 0.15) is 11.1 Å². The summed E-state index contributed by atoms with van der Waals surface area (Å²) in [4.78, 5) is 30.7. The normalized spacial score (nSPS) is 15.1. The van der Waals surface area contributed by atoms with Gasteiger partial charge in [0.1, 0.15) is 5.70 Å². The summed E-state index contributed by atoms with van der Waals surface area (Å²) in [6, 6.07) is 12.6. The van der Waals surface area contributed by atoms with Crippen LogP contribution in [-0.4, -0.2) is 29.8 Å². The van der Waals surface area contributed by atoms with Crippen LogP contribution in [0, 0.1) is 6.92 Å². The lowest BCUT2D eigenvalue weighted by atomic mass is 10.2. The molecule has 0 atom stereocenters. The van der Waals surface area contributed by atoms with Crippen molar-refractivity contribution in [1.82, 2.24) is 5.32 Å². The zero-order valence-electron chi connectivity index (χ0n) is 15.2. The number of aliphatic imine (C=N–C) groups is 1. The molecule has 0 fully saturated rings. The third kappa shape index (κ3) is 4.58. The van der Waals surface area contributed by atoms with Crippen LogP contribution in [0.4, 0.5) is 5.69 Å². The first-order valence-corrected chi connectivity index (χ1v) is 10.1. The number of amidine groups is 1. The Morgan fingerprint density at radius 2 is 1.89 bits per heavy atom. The minimum atomic E-state index is -0.269. The van der Waals surface area contributed by atoms with Crippen molar-refractivity contribution in [2.75, 3.05) is 17.7 Å². The molecule has 1 N–H and O–H groups in total. The second kappa shape index (κ2) is 8.82. The van der Waals surface area contributed by atoms with Gasteiger partial charge in [-0.15, -0.1) is 0 Å². The van der Waals surface area contributed by atoms with E-state index in [2.05, 4.69) is 10.3 Å². The first-order chi connectivity index (χ1) is 13.4. The van der Waals surface area contributed by atoms with Crippen molar-refractivity contribution >= 4 is 63.7 Å². The summed E-state index contributed by atoms with van der Waals surface area (Å²) in [5.74, 6) is -0.259. The molecule has 3 rings (SSSR count). The largest absolute Gasteiger partial charge is 0.358 e. The lowest BCUT2D eigenvalue weighted by Crippen LogP contribution is -2.31. The fraction of sp³-hybridized carbons (Fsp3) is 0.150. The van der Waals surface area contributed by atoms with Crippen LogP contribution in [0.25, 0.3) is 6.08 Å². The van der Waals surface area contributed by atoms with E-state index in [1.807, 2.05) is 31.2 Å². The number of halogens is 2. The zero-order chi connectivity index (χ0) is 20.3. The van der Waals surface area contributed by atoms with Gasteiger partial charge in [-0.05, 0) is 42.8 Å². The van der Waals surface area contributed by atoms with Gasteiger partial charge in [-0.3, -0.25) is 14.5 Å². The fourth-order valence-electron chi connectivity index (χ4n) is 2.48. The first kappa shape index (κ1) is 20.5. The van der Waals surface area contributed by atoms with E-state index in [9.17, 15) is 9.59 Å². The first-order valence-electron chi connectivity index (χ1n) is 8.39. The average Bonchev–Trinajstić information content (AvgIpc) is 2.99. The predicted octanol–water partition coefficient (Wildman–Crippen LogP) is 4.52. The maximum absolute atomic E-state index is 13.0. The molecular weight excluding hydrogens is 417 g/mol. The van der Waals surface area contributed by atoms with Crippen molar-refractivity contribution in [3.8, 4) is 0 Å². The summed E-state index contributed by atoms with van der Waals surface area (Å²) in [6.07, 6.45) is 1.65. The van der Waals surface area contributed by atoms with Crippen LogP contribution in [0.5, 0.6) is 0 Å². The number of rotatable bonds is 4. The standard InChI is InChI=1S/C20H17Cl2N3O2S/c1-12-3-6-14(7-4-12)25-19(27)17(24-20(25)28-11-18(26)23-2)10-13-5-8-15(21)16(22)9-13/h3-10H,11H2,1-2H3,(H,23,26)/b17-10-. The molecule has 0 spiro atoms. The molecule has 0 saturated heterocycles. The molecule has 1 heterocycles. The summed E-state index contributed by atoms with van der Waals surface area (Å²) >= 11 is 13.2. The molecule has 1 aliphatic heterocycles. The van der Waals surface area contributed by atoms with Crippen molar-refractivity contribution in [1.29, 1.82) is 0 Å². The maximum atomic E-state index is 13.0. The number of nitrogens with zero attached hydrogens (tertiary/aromatic N) is 2. The molecule has 0 aromatic heterocycles. The molecule has 0 aliphatic carbocycles. The second-order valence-electron chi connectivity index (χ2n) is 6.04. The van der Waals surface area contributed by atoms with E-state index in [1.165, 1.54) is 16.7 Å². The van der Waals surface area contributed by atoms with Crippen LogP contribution in [-0.2, 0) is 9.59 Å². The number of hydrogen-bond acceptors (Lipinski definition) is 4. The van der Waals surface area contributed by atoms with Gasteiger partial charge in [0.15, 0.2) is 5.17 Å². The van der Waals surface area contributed by atoms with E-state index in [0.29, 0.717) is 26.5 Å². The van der Waals surface area contributed by atoms with E-state index in [-0.39, 0.29) is 23.3 Å². The van der Waals surface area contributed by atoms with Gasteiger partial charge < -0.3 is 5.32 Å². The molecule has 5 nitrogen and oxygen atoms in total. The zero-order valence-corrected chi connectivity index (χ0v) is 17.5. The van der Waals surface area contributed by atoms with Crippen molar-refractivity contribution in [3.05, 3.63) is 69.3 Å². The van der Waals surface area contributed by atoms with Gasteiger partial charge in [0.05, 0.1) is 21.5 Å². The molecular formula is C20H17Cl2N3O2S. The maximum Gasteiger partial charge on any atom is 0.283 e. The van der Waals surface area contributed by atoms with E-state index in [4.69, 9.17) is 23.2 Å². The highest BCUT2D eigenvalue weighted by molar-refractivity contribution is 8.14. The summed E-state index contributed by atoms with van der Waals surface area (Å²) in [6.45, 7) is 1.97. The topological polar surface area (TPSA) is 61.8 Å². The molecule has 144 valence electrons. The molecule has 2 amide bonds. The molecule has 8 heteroatoms. The monoisotopic (exact) mass is 433 g/mol. The van der Waals surface area contributed by atoms with E-state index < -0.39 is 0 Å². The number of carbonyl (C=O) groups is 2. The number of benzene rings is 2. The van der Waals surface area contributed by atoms with Gasteiger partial charge in [0.2, 0.25) is 5.91 Å². The molecule has 2 aromatic carbocycles. The van der Waals surface area contributed by atoms with Crippen LogP contribution < -0.4 is 10.2 Å². The van der Waals surface area contributed by atoms with E-state index in [1.54, 1.807) is 31.3 Å². The Balaban J connectivity index is 1.96. The van der Waals surface area contributed by atoms with Crippen LogP contribution in [0.15, 0.2) is 53.2 Å². The van der Waals surface area contributed by atoms with Crippen LogP contribution >= 0.6 is 35.0 Å². The Labute approximate surface area is 177 Å². The highest BCUT2D eigenvalue weighted by atomic mass is 35.5. The lowest BCUT2D eigenvalue weighted by Gasteiger charge is -2.17. The van der Waals surface area contributed by atoms with Gasteiger partial charge in [0.25, 0.3) is 5.91 Å². The summed E-state index contributed by atoms with van der Waals surface area (Å²) in [5, 5.41) is 3.85. The number of amides is 2. The number of aryl methyl sites for hydroxylation is 1. The summed E-state index contributed by atoms with van der Waals surface area (Å²) < 4.78 is 0. The molecule has 2 aromatic rings. The molecule has 28 heavy (non-hydrogen) atoms. The highest BCUT2D eigenvalue weighted by Gasteiger charge is 2.32. The van der Waals surface area contributed by atoms with Crippen molar-refractivity contribution in [2.24, 2.45) is 4.99 Å². The Bertz CT molecular complexity index is 987. The van der Waals surface area contributed by atoms with Gasteiger partial charge in [-0.1, -0.05) is 58.7 Å². The Morgan fingerprint density at radius 1 is 1.18 bits per heavy atom. The fourth-order valence-corrected chi connectivity index (χ4v) is 3.67. The number of nitrogens with one attached hydrogen (secondary N) is 1. The quantitative estimate of drug-likeness (QED) is 0.720. The Kier molecular flexibility index (Phi) is 6.44. The summed E-state index contributed by atoms with van der Waals surface area (Å²) in [5.41, 5.74) is 2.75. The predicted molar refractivity (Wildman–Crippen MR) is 117 cm³/mol. The number of hydrogen-bond donors (Lipinski definition) is 1. The molecule has 0 unspecified atom stereocenters. The number of carbonyl (C=O) groups excluding carboxylic acids is 2. The van der Waals surface area contributed by atoms with Crippen molar-refractivity contribution < 1.29 is 9.59 Å². The number of anilines is 1. The van der Waals surface area contributed by atoms with Crippen molar-refractivity contribution in [2.45, 2.75) is 6.92 Å². The lowest BCUT2D eigenvalue weighted by molar-refractivity contribution is -0.118. The van der Waals surface area contributed by atoms with Crippen molar-refractivity contribution in [3.63, 3.8) is 0 Å². The molecule has 1 aliphatic rings. The minimum Gasteiger partial charge on any atom is -0.358 e. The van der Waals surface area contributed by atoms with E-state index >= 15 is 0 Å². The molecule has 0 radical (unpaired) electrons. The Hall–Kier alpha value is -2.28. The van der Waals surface area contributed by atoms with Gasteiger partial charge >= 0.3 is 0 Å². The van der Waals surface area contributed by atoms with Crippen LogP contribution in [0.3, 0.4) is 0 Å². The summed E-state index contributed by atoms with van der Waals surface area (Å²) in [7, 11) is 1.57. The smallest absolute Gasteiger partial charge is 0.283 e. The molecule has 0 saturated carbocycles. The molecule has 0 bridgehead atoms. The van der Waals surface area contributed by atoms with Gasteiger partial charge in [-0.25, -0.2) is 4.99 Å². The SMILES string of the molecule is CNC(=O)CSC1=N/C(=C\c2ccc(Cl)c(Cl)c2)C(=O)N1c1ccc(C)cc1. The second-order valence-corrected chi connectivity index (χ2v) is 7.79. The average molecular weight is 434 g/mol. The van der Waals surface area contributed by atoms with Gasteiger partial charge in [-0.2, -0.15) is 0 Å². The number of thioether (sulfide) groups is 1. The van der Waals surface area contributed by atoms with E-state index in [0.717, 1.165) is 5.56 Å². The minimum absolute atomic E-state index is 0.147.